The summed E-state index contributed by atoms with van der Waals surface area (Å²) < 4.78 is 0. The van der Waals surface area contributed by atoms with Crippen LogP contribution in [0.25, 0.3) is 0 Å². The van der Waals surface area contributed by atoms with Gasteiger partial charge in [0.15, 0.2) is 0 Å². The normalized spacial score (nSPS) is 19.2. The van der Waals surface area contributed by atoms with Crippen LogP contribution in [-0.4, -0.2) is 29.9 Å². The van der Waals surface area contributed by atoms with Crippen molar-refractivity contribution in [3.8, 4) is 0 Å². The van der Waals surface area contributed by atoms with E-state index in [1.165, 1.54) is 5.56 Å². The third-order valence-corrected chi connectivity index (χ3v) is 5.08. The van der Waals surface area contributed by atoms with Gasteiger partial charge in [-0.1, -0.05) is 62.4 Å². The van der Waals surface area contributed by atoms with E-state index in [2.05, 4.69) is 32.0 Å². The predicted molar refractivity (Wildman–Crippen MR) is 105 cm³/mol. The number of nitrogens with zero attached hydrogens (tertiary/aromatic N) is 1. The second kappa shape index (κ2) is 8.03. The SMILES string of the molecule is CC1(C)CN(C(=O)c2ccccc2Cc2ccccc2)CCC1N.Cl. The van der Waals surface area contributed by atoms with Crippen LogP contribution >= 0.6 is 12.4 Å². The van der Waals surface area contributed by atoms with Crippen LogP contribution in [0.2, 0.25) is 0 Å². The number of benzene rings is 2. The van der Waals surface area contributed by atoms with Crippen LogP contribution in [0.5, 0.6) is 0 Å². The van der Waals surface area contributed by atoms with Crippen molar-refractivity contribution in [2.45, 2.75) is 32.7 Å². The minimum Gasteiger partial charge on any atom is -0.338 e. The fourth-order valence-corrected chi connectivity index (χ4v) is 3.42. The fraction of sp³-hybridized carbons (Fsp3) is 0.381. The smallest absolute Gasteiger partial charge is 0.254 e. The van der Waals surface area contributed by atoms with Gasteiger partial charge >= 0.3 is 0 Å². The van der Waals surface area contributed by atoms with Gasteiger partial charge in [0.05, 0.1) is 0 Å². The number of likely N-dealkylation sites (tertiary alicyclic amines) is 1. The summed E-state index contributed by atoms with van der Waals surface area (Å²) in [5, 5.41) is 0. The first kappa shape index (κ1) is 19.5. The summed E-state index contributed by atoms with van der Waals surface area (Å²) in [6.07, 6.45) is 1.64. The number of carbonyl (C=O) groups excluding carboxylic acids is 1. The monoisotopic (exact) mass is 358 g/mol. The third-order valence-electron chi connectivity index (χ3n) is 5.08. The van der Waals surface area contributed by atoms with Crippen molar-refractivity contribution in [3.05, 3.63) is 71.3 Å². The largest absolute Gasteiger partial charge is 0.338 e. The molecule has 1 amide bonds. The molecule has 25 heavy (non-hydrogen) atoms. The summed E-state index contributed by atoms with van der Waals surface area (Å²) in [6, 6.07) is 18.4. The van der Waals surface area contributed by atoms with Gasteiger partial charge in [0.2, 0.25) is 0 Å². The Morgan fingerprint density at radius 1 is 1.12 bits per heavy atom. The molecule has 0 radical (unpaired) electrons. The van der Waals surface area contributed by atoms with Gasteiger partial charge in [0, 0.05) is 24.7 Å². The van der Waals surface area contributed by atoms with E-state index < -0.39 is 0 Å². The average Bonchev–Trinajstić information content (AvgIpc) is 2.58. The van der Waals surface area contributed by atoms with E-state index in [1.54, 1.807) is 0 Å². The summed E-state index contributed by atoms with van der Waals surface area (Å²) in [7, 11) is 0. The maximum absolute atomic E-state index is 13.1. The quantitative estimate of drug-likeness (QED) is 0.904. The molecule has 0 saturated carbocycles. The van der Waals surface area contributed by atoms with Crippen molar-refractivity contribution in [2.24, 2.45) is 11.1 Å². The Hall–Kier alpha value is -1.84. The highest BCUT2D eigenvalue weighted by atomic mass is 35.5. The second-order valence-corrected chi connectivity index (χ2v) is 7.43. The van der Waals surface area contributed by atoms with Gasteiger partial charge in [-0.3, -0.25) is 4.79 Å². The third kappa shape index (κ3) is 4.42. The average molecular weight is 359 g/mol. The molecule has 0 spiro atoms. The van der Waals surface area contributed by atoms with Gasteiger partial charge in [-0.05, 0) is 35.4 Å². The van der Waals surface area contributed by atoms with E-state index in [0.717, 1.165) is 30.5 Å². The van der Waals surface area contributed by atoms with Crippen LogP contribution in [0, 0.1) is 5.41 Å². The Kier molecular flexibility index (Phi) is 6.26. The van der Waals surface area contributed by atoms with E-state index >= 15 is 0 Å². The van der Waals surface area contributed by atoms with E-state index in [1.807, 2.05) is 41.3 Å². The first-order valence-corrected chi connectivity index (χ1v) is 8.64. The molecule has 1 aliphatic rings. The molecule has 0 bridgehead atoms. The fourth-order valence-electron chi connectivity index (χ4n) is 3.42. The van der Waals surface area contributed by atoms with E-state index in [-0.39, 0.29) is 29.8 Å². The number of halogens is 1. The van der Waals surface area contributed by atoms with E-state index in [4.69, 9.17) is 5.73 Å². The van der Waals surface area contributed by atoms with Gasteiger partial charge in [0.25, 0.3) is 5.91 Å². The minimum absolute atomic E-state index is 0. The number of hydrogen-bond donors (Lipinski definition) is 1. The van der Waals surface area contributed by atoms with E-state index in [9.17, 15) is 4.79 Å². The maximum Gasteiger partial charge on any atom is 0.254 e. The Morgan fingerprint density at radius 2 is 1.76 bits per heavy atom. The first-order valence-electron chi connectivity index (χ1n) is 8.64. The number of rotatable bonds is 3. The Balaban J connectivity index is 0.00000225. The molecule has 0 aromatic heterocycles. The maximum atomic E-state index is 13.1. The minimum atomic E-state index is -0.0394. The molecule has 1 unspecified atom stereocenters. The molecule has 1 atom stereocenters. The standard InChI is InChI=1S/C21H26N2O.ClH/c1-21(2)15-23(13-12-19(21)22)20(24)18-11-7-6-10-17(18)14-16-8-4-3-5-9-16;/h3-11,19H,12-15,22H2,1-2H3;1H. The molecule has 2 N–H and O–H groups in total. The van der Waals surface area contributed by atoms with Crippen LogP contribution in [0.4, 0.5) is 0 Å². The number of nitrogens with two attached hydrogens (primary N) is 1. The van der Waals surface area contributed by atoms with Crippen LogP contribution in [0.1, 0.15) is 41.8 Å². The summed E-state index contributed by atoms with van der Waals surface area (Å²) >= 11 is 0. The Bertz CT molecular complexity index is 715. The lowest BCUT2D eigenvalue weighted by molar-refractivity contribution is 0.0532. The van der Waals surface area contributed by atoms with Gasteiger partial charge in [0.1, 0.15) is 0 Å². The second-order valence-electron chi connectivity index (χ2n) is 7.43. The highest BCUT2D eigenvalue weighted by Crippen LogP contribution is 2.29. The molecular weight excluding hydrogens is 332 g/mol. The summed E-state index contributed by atoms with van der Waals surface area (Å²) in [4.78, 5) is 15.1. The number of piperidine rings is 1. The number of carbonyl (C=O) groups is 1. The van der Waals surface area contributed by atoms with E-state index in [0.29, 0.717) is 6.54 Å². The molecule has 1 saturated heterocycles. The molecular formula is C21H27ClN2O. The molecule has 2 aromatic carbocycles. The van der Waals surface area contributed by atoms with Crippen LogP contribution in [0.3, 0.4) is 0 Å². The molecule has 0 aliphatic carbocycles. The van der Waals surface area contributed by atoms with Crippen molar-refractivity contribution in [1.29, 1.82) is 0 Å². The Morgan fingerprint density at radius 3 is 2.44 bits per heavy atom. The zero-order valence-electron chi connectivity index (χ0n) is 14.9. The number of hydrogen-bond acceptors (Lipinski definition) is 2. The number of amides is 1. The van der Waals surface area contributed by atoms with Crippen molar-refractivity contribution >= 4 is 18.3 Å². The highest BCUT2D eigenvalue weighted by molar-refractivity contribution is 5.96. The highest BCUT2D eigenvalue weighted by Gasteiger charge is 2.35. The van der Waals surface area contributed by atoms with Gasteiger partial charge in [-0.15, -0.1) is 12.4 Å². The lowest BCUT2D eigenvalue weighted by Crippen LogP contribution is -2.54. The Labute approximate surface area is 156 Å². The topological polar surface area (TPSA) is 46.3 Å². The van der Waals surface area contributed by atoms with Crippen LogP contribution in [0.15, 0.2) is 54.6 Å². The van der Waals surface area contributed by atoms with Crippen LogP contribution in [-0.2, 0) is 6.42 Å². The zero-order valence-corrected chi connectivity index (χ0v) is 15.8. The van der Waals surface area contributed by atoms with Gasteiger partial charge in [-0.25, -0.2) is 0 Å². The van der Waals surface area contributed by atoms with Crippen molar-refractivity contribution < 1.29 is 4.79 Å². The molecule has 134 valence electrons. The summed E-state index contributed by atoms with van der Waals surface area (Å²) in [5.74, 6) is 0.126. The molecule has 3 rings (SSSR count). The molecule has 1 aliphatic heterocycles. The molecule has 2 aromatic rings. The van der Waals surface area contributed by atoms with Gasteiger partial charge in [-0.2, -0.15) is 0 Å². The first-order chi connectivity index (χ1) is 11.5. The van der Waals surface area contributed by atoms with Crippen molar-refractivity contribution in [3.63, 3.8) is 0 Å². The molecule has 3 nitrogen and oxygen atoms in total. The van der Waals surface area contributed by atoms with Crippen molar-refractivity contribution in [2.75, 3.05) is 13.1 Å². The van der Waals surface area contributed by atoms with Crippen molar-refractivity contribution in [1.82, 2.24) is 4.90 Å². The zero-order chi connectivity index (χ0) is 17.2. The predicted octanol–water partition coefficient (Wildman–Crippen LogP) is 3.90. The summed E-state index contributed by atoms with van der Waals surface area (Å²) in [5.41, 5.74) is 9.29. The molecule has 4 heteroatoms. The lowest BCUT2D eigenvalue weighted by Gasteiger charge is -2.42. The lowest BCUT2D eigenvalue weighted by atomic mass is 9.79. The van der Waals surface area contributed by atoms with Crippen LogP contribution < -0.4 is 5.73 Å². The molecule has 1 fully saturated rings. The van der Waals surface area contributed by atoms with Gasteiger partial charge < -0.3 is 10.6 Å². The molecule has 1 heterocycles. The summed E-state index contributed by atoms with van der Waals surface area (Å²) in [6.45, 7) is 5.75.